The number of hydrogen-bond donors (Lipinski definition) is 2. The second-order valence-corrected chi connectivity index (χ2v) is 12.6. The number of carbonyl (C=O) groups excluding carboxylic acids is 1. The molecule has 1 saturated heterocycles. The van der Waals surface area contributed by atoms with E-state index in [-0.39, 0.29) is 29.0 Å². The number of likely N-dealkylation sites (N-methyl/N-ethyl adjacent to an activating group) is 1. The van der Waals surface area contributed by atoms with Crippen LogP contribution in [0.5, 0.6) is 11.6 Å². The molecule has 2 aromatic rings. The highest BCUT2D eigenvalue weighted by atomic mass is 32.2. The van der Waals surface area contributed by atoms with E-state index in [1.165, 1.54) is 20.2 Å². The molecule has 2 aliphatic rings. The number of likely N-dealkylation sites (tertiary alicyclic amines) is 1. The van der Waals surface area contributed by atoms with Gasteiger partial charge in [-0.15, -0.1) is 0 Å². The summed E-state index contributed by atoms with van der Waals surface area (Å²) in [6.07, 6.45) is -1.51. The number of halogens is 4. The van der Waals surface area contributed by atoms with Crippen molar-refractivity contribution in [2.24, 2.45) is 0 Å². The van der Waals surface area contributed by atoms with Gasteiger partial charge >= 0.3 is 6.18 Å². The first-order valence-electron chi connectivity index (χ1n) is 13.3. The van der Waals surface area contributed by atoms with Crippen molar-refractivity contribution in [3.63, 3.8) is 0 Å². The van der Waals surface area contributed by atoms with Gasteiger partial charge < -0.3 is 25.0 Å². The number of carbonyl (C=O) groups is 1. The number of hydrogen-bond acceptors (Lipinski definition) is 9. The fraction of sp³-hybridized carbons (Fsp3) is 0.577. The summed E-state index contributed by atoms with van der Waals surface area (Å²) in [5, 5.41) is 5.47. The summed E-state index contributed by atoms with van der Waals surface area (Å²) in [7, 11) is 0.989. The Hall–Kier alpha value is -3.24. The topological polar surface area (TPSA) is 126 Å². The molecule has 1 saturated carbocycles. The number of aromatic nitrogens is 2. The highest BCUT2D eigenvalue weighted by Gasteiger charge is 2.40. The van der Waals surface area contributed by atoms with E-state index in [2.05, 4.69) is 25.5 Å². The third-order valence-corrected chi connectivity index (χ3v) is 8.88. The number of sulfonamides is 1. The number of benzene rings is 1. The third-order valence-electron chi connectivity index (χ3n) is 7.56. The maximum absolute atomic E-state index is 15.1. The van der Waals surface area contributed by atoms with Gasteiger partial charge in [-0.3, -0.25) is 4.79 Å². The van der Waals surface area contributed by atoms with Crippen molar-refractivity contribution in [2.45, 2.75) is 56.5 Å². The Morgan fingerprint density at radius 3 is 2.48 bits per heavy atom. The number of alkyl halides is 3. The number of amides is 1. The van der Waals surface area contributed by atoms with Crippen LogP contribution in [0.15, 0.2) is 18.3 Å². The van der Waals surface area contributed by atoms with Gasteiger partial charge in [0.1, 0.15) is 23.2 Å². The van der Waals surface area contributed by atoms with Crippen molar-refractivity contribution < 1.29 is 40.2 Å². The van der Waals surface area contributed by atoms with E-state index in [0.29, 0.717) is 25.5 Å². The average molecular weight is 619 g/mol. The largest absolute Gasteiger partial charge is 0.495 e. The minimum absolute atomic E-state index is 0.0292. The standard InChI is InChI=1S/C26H34F4N6O5S/c1-35-10-8-15(9-11-35)32-23(37)16-12-22(40-3)19(13-18(16)27)33-25-31-14-17(26(28,29)30)24(34-25)41-21-7-5-6-20(21)36(2)42(4,38)39/h12-15,20-21H,5-11H2,1-4H3,(H,32,37)(H,31,33,34)/t20-,21-/m1/s1. The fourth-order valence-corrected chi connectivity index (χ4v) is 5.82. The molecule has 1 aromatic heterocycles. The van der Waals surface area contributed by atoms with Gasteiger partial charge in [0.25, 0.3) is 5.91 Å². The Balaban J connectivity index is 1.58. The van der Waals surface area contributed by atoms with Crippen LogP contribution < -0.4 is 20.1 Å². The van der Waals surface area contributed by atoms with Crippen LogP contribution in [0.1, 0.15) is 48.0 Å². The normalized spacial score (nSPS) is 20.5. The second kappa shape index (κ2) is 12.6. The monoisotopic (exact) mass is 618 g/mol. The number of anilines is 2. The lowest BCUT2D eigenvalue weighted by atomic mass is 10.0. The van der Waals surface area contributed by atoms with Gasteiger partial charge in [0, 0.05) is 25.4 Å². The van der Waals surface area contributed by atoms with Crippen LogP contribution in [0.4, 0.5) is 29.2 Å². The maximum Gasteiger partial charge on any atom is 0.423 e. The first-order valence-corrected chi connectivity index (χ1v) is 15.2. The van der Waals surface area contributed by atoms with E-state index in [4.69, 9.17) is 9.47 Å². The second-order valence-electron chi connectivity index (χ2n) is 10.6. The van der Waals surface area contributed by atoms with Gasteiger partial charge in [-0.05, 0) is 58.3 Å². The van der Waals surface area contributed by atoms with Crippen molar-refractivity contribution in [2.75, 3.05) is 45.9 Å². The van der Waals surface area contributed by atoms with Gasteiger partial charge in [-0.25, -0.2) is 17.8 Å². The summed E-state index contributed by atoms with van der Waals surface area (Å²) in [5.41, 5.74) is -1.54. The van der Waals surface area contributed by atoms with Crippen molar-refractivity contribution in [1.29, 1.82) is 0 Å². The molecule has 2 fully saturated rings. The molecule has 16 heteroatoms. The van der Waals surface area contributed by atoms with Crippen LogP contribution in [0, 0.1) is 5.82 Å². The minimum Gasteiger partial charge on any atom is -0.495 e. The number of methoxy groups -OCH3 is 1. The molecule has 2 heterocycles. The molecule has 0 radical (unpaired) electrons. The van der Waals surface area contributed by atoms with E-state index in [1.54, 1.807) is 0 Å². The summed E-state index contributed by atoms with van der Waals surface area (Å²) in [5.74, 6) is -2.62. The third kappa shape index (κ3) is 7.39. The molecule has 1 aliphatic carbocycles. The Labute approximate surface area is 241 Å². The lowest BCUT2D eigenvalue weighted by Crippen LogP contribution is -2.43. The molecule has 0 spiro atoms. The Morgan fingerprint density at radius 2 is 1.86 bits per heavy atom. The van der Waals surface area contributed by atoms with Crippen molar-refractivity contribution >= 4 is 27.6 Å². The molecule has 1 aromatic carbocycles. The van der Waals surface area contributed by atoms with Gasteiger partial charge in [-0.2, -0.15) is 22.5 Å². The quantitative estimate of drug-likeness (QED) is 0.407. The summed E-state index contributed by atoms with van der Waals surface area (Å²) >= 11 is 0. The van der Waals surface area contributed by atoms with E-state index in [1.807, 2.05) is 7.05 Å². The molecule has 42 heavy (non-hydrogen) atoms. The van der Waals surface area contributed by atoms with Crippen LogP contribution in [0.25, 0.3) is 0 Å². The summed E-state index contributed by atoms with van der Waals surface area (Å²) < 4.78 is 92.7. The molecule has 2 atom stereocenters. The molecule has 232 valence electrons. The van der Waals surface area contributed by atoms with Crippen molar-refractivity contribution in [3.8, 4) is 11.6 Å². The summed E-state index contributed by atoms with van der Waals surface area (Å²) in [4.78, 5) is 22.6. The summed E-state index contributed by atoms with van der Waals surface area (Å²) in [6.45, 7) is 1.60. The fourth-order valence-electron chi connectivity index (χ4n) is 5.09. The SMILES string of the molecule is COc1cc(C(=O)NC2CCN(C)CC2)c(F)cc1Nc1ncc(C(F)(F)F)c(O[C@@H]2CCC[C@H]2N(C)S(C)(=O)=O)n1. The Kier molecular flexibility index (Phi) is 9.47. The van der Waals surface area contributed by atoms with E-state index < -0.39 is 51.5 Å². The lowest BCUT2D eigenvalue weighted by Gasteiger charge is -2.29. The number of nitrogens with one attached hydrogen (secondary N) is 2. The highest BCUT2D eigenvalue weighted by molar-refractivity contribution is 7.88. The minimum atomic E-state index is -4.86. The van der Waals surface area contributed by atoms with Crippen LogP contribution in [-0.4, -0.2) is 92.2 Å². The Morgan fingerprint density at radius 1 is 1.17 bits per heavy atom. The molecule has 2 N–H and O–H groups in total. The van der Waals surface area contributed by atoms with Crippen LogP contribution in [0.3, 0.4) is 0 Å². The van der Waals surface area contributed by atoms with Gasteiger partial charge in [0.05, 0.1) is 30.7 Å². The van der Waals surface area contributed by atoms with E-state index >= 15 is 4.39 Å². The van der Waals surface area contributed by atoms with Gasteiger partial charge in [0.2, 0.25) is 21.9 Å². The smallest absolute Gasteiger partial charge is 0.423 e. The molecule has 4 rings (SSSR count). The maximum atomic E-state index is 15.1. The molecule has 0 bridgehead atoms. The number of ether oxygens (including phenoxy) is 2. The zero-order valence-electron chi connectivity index (χ0n) is 23.7. The summed E-state index contributed by atoms with van der Waals surface area (Å²) in [6, 6.07) is 1.37. The zero-order valence-corrected chi connectivity index (χ0v) is 24.5. The first kappa shape index (κ1) is 31.7. The molecular formula is C26H34F4N6O5S. The number of nitrogens with zero attached hydrogens (tertiary/aromatic N) is 4. The number of piperidine rings is 1. The van der Waals surface area contributed by atoms with Crippen LogP contribution in [-0.2, 0) is 16.2 Å². The zero-order chi connectivity index (χ0) is 30.8. The number of rotatable bonds is 9. The molecule has 0 unspecified atom stereocenters. The average Bonchev–Trinajstić information content (AvgIpc) is 3.36. The predicted molar refractivity (Wildman–Crippen MR) is 146 cm³/mol. The first-order chi connectivity index (χ1) is 19.7. The van der Waals surface area contributed by atoms with Crippen molar-refractivity contribution in [3.05, 3.63) is 35.3 Å². The van der Waals surface area contributed by atoms with E-state index in [9.17, 15) is 26.4 Å². The molecule has 11 nitrogen and oxygen atoms in total. The highest BCUT2D eigenvalue weighted by Crippen LogP contribution is 2.38. The molecule has 1 aliphatic heterocycles. The Bertz CT molecular complexity index is 1400. The van der Waals surface area contributed by atoms with Crippen molar-refractivity contribution in [1.82, 2.24) is 24.5 Å². The van der Waals surface area contributed by atoms with E-state index in [0.717, 1.165) is 42.6 Å². The van der Waals surface area contributed by atoms with Crippen LogP contribution >= 0.6 is 0 Å². The molecular weight excluding hydrogens is 584 g/mol. The van der Waals surface area contributed by atoms with Crippen LogP contribution in [0.2, 0.25) is 0 Å². The van der Waals surface area contributed by atoms with Gasteiger partial charge in [-0.1, -0.05) is 0 Å². The van der Waals surface area contributed by atoms with Gasteiger partial charge in [0.15, 0.2) is 0 Å². The molecule has 1 amide bonds. The lowest BCUT2D eigenvalue weighted by molar-refractivity contribution is -0.140. The predicted octanol–water partition coefficient (Wildman–Crippen LogP) is 3.40.